The van der Waals surface area contributed by atoms with E-state index in [9.17, 15) is 24.9 Å². The highest BCUT2D eigenvalue weighted by Gasteiger charge is 2.31. The van der Waals surface area contributed by atoms with E-state index in [4.69, 9.17) is 47.2 Å². The van der Waals surface area contributed by atoms with Gasteiger partial charge >= 0.3 is 11.9 Å². The molecule has 0 aliphatic heterocycles. The number of aliphatic carboxylic acids is 2. The third kappa shape index (κ3) is 12.4. The summed E-state index contributed by atoms with van der Waals surface area (Å²) >= 11 is 0. The molecule has 3 aromatic carbocycles. The Morgan fingerprint density at radius 3 is 1.79 bits per heavy atom. The van der Waals surface area contributed by atoms with Crippen molar-refractivity contribution in [3.63, 3.8) is 0 Å². The van der Waals surface area contributed by atoms with Crippen LogP contribution in [0.25, 0.3) is 0 Å². The van der Waals surface area contributed by atoms with Crippen LogP contribution < -0.4 is 27.6 Å². The van der Waals surface area contributed by atoms with Gasteiger partial charge < -0.3 is 73.3 Å². The second-order valence-corrected chi connectivity index (χ2v) is 10.6. The quantitative estimate of drug-likeness (QED) is 0.0835. The number of carboxylic acids is 2. The Morgan fingerprint density at radius 1 is 0.792 bits per heavy atom. The summed E-state index contributed by atoms with van der Waals surface area (Å²) in [4.78, 5) is 21.5. The first kappa shape index (κ1) is 40.6. The number of carbonyl (C=O) groups is 2. The largest absolute Gasteiger partial charge is 0.504 e. The lowest BCUT2D eigenvalue weighted by Gasteiger charge is -2.24. The van der Waals surface area contributed by atoms with Crippen molar-refractivity contribution in [2.45, 2.75) is 43.9 Å². The minimum absolute atomic E-state index is 0.114. The van der Waals surface area contributed by atoms with Crippen molar-refractivity contribution in [1.29, 1.82) is 0 Å². The van der Waals surface area contributed by atoms with Crippen LogP contribution in [0.4, 0.5) is 0 Å². The molecule has 0 saturated heterocycles. The predicted octanol–water partition coefficient (Wildman–Crippen LogP) is -0.0139. The first-order chi connectivity index (χ1) is 22.4. The smallest absolute Gasteiger partial charge is 0.323 e. The zero-order valence-corrected chi connectivity index (χ0v) is 26.3. The van der Waals surface area contributed by atoms with E-state index in [1.807, 2.05) is 0 Å². The van der Waals surface area contributed by atoms with Gasteiger partial charge in [-0.15, -0.1) is 0 Å². The summed E-state index contributed by atoms with van der Waals surface area (Å²) in [5.74, 6) is -4.41. The lowest BCUT2D eigenvalue weighted by atomic mass is 9.93. The molecule has 0 bridgehead atoms. The lowest BCUT2D eigenvalue weighted by Crippen LogP contribution is -2.49. The summed E-state index contributed by atoms with van der Waals surface area (Å²) in [6.07, 6.45) is 0.329. The summed E-state index contributed by atoms with van der Waals surface area (Å²) in [7, 11) is 1.56. The molecule has 264 valence electrons. The van der Waals surface area contributed by atoms with Gasteiger partial charge in [-0.1, -0.05) is 24.8 Å². The van der Waals surface area contributed by atoms with Crippen LogP contribution in [0.5, 0.6) is 40.2 Å². The molecule has 0 spiro atoms. The average molecular weight is 678 g/mol. The van der Waals surface area contributed by atoms with Gasteiger partial charge in [-0.05, 0) is 61.9 Å². The van der Waals surface area contributed by atoms with Gasteiger partial charge in [-0.25, -0.2) is 5.43 Å². The highest BCUT2D eigenvalue weighted by Crippen LogP contribution is 2.36. The van der Waals surface area contributed by atoms with Crippen molar-refractivity contribution in [2.24, 2.45) is 11.5 Å². The summed E-state index contributed by atoms with van der Waals surface area (Å²) in [5.41, 5.74) is 17.0. The van der Waals surface area contributed by atoms with E-state index in [2.05, 4.69) is 22.7 Å². The number of hydrogen-bond acceptors (Lipinski definition) is 15. The number of nitrogens with one attached hydrogen (secondary N) is 3. The molecule has 0 aliphatic carbocycles. The molecule has 3 rings (SSSR count). The zero-order chi connectivity index (χ0) is 36.8. The molecule has 0 radical (unpaired) electrons. The summed E-state index contributed by atoms with van der Waals surface area (Å²) in [5, 5.41) is 93.6. The van der Waals surface area contributed by atoms with Gasteiger partial charge in [-0.3, -0.25) is 9.59 Å². The number of aliphatic hydroxyl groups is 1. The number of likely N-dealkylation sites (N-methyl/N-ethyl adjacent to an activating group) is 1. The molecule has 0 amide bonds. The molecule has 0 saturated carbocycles. The Bertz CT molecular complexity index is 1550. The Morgan fingerprint density at radius 2 is 1.31 bits per heavy atom. The predicted molar refractivity (Wildman–Crippen MR) is 173 cm³/mol. The van der Waals surface area contributed by atoms with Crippen molar-refractivity contribution < 1.29 is 60.7 Å². The van der Waals surface area contributed by atoms with Crippen molar-refractivity contribution >= 4 is 11.9 Å². The van der Waals surface area contributed by atoms with E-state index >= 15 is 0 Å². The van der Waals surface area contributed by atoms with E-state index < -0.39 is 46.8 Å². The number of aliphatic hydroxyl groups excluding tert-OH is 1. The van der Waals surface area contributed by atoms with Gasteiger partial charge in [0.25, 0.3) is 0 Å². The topological polar surface area (TPSA) is 325 Å². The van der Waals surface area contributed by atoms with E-state index in [1.165, 1.54) is 42.5 Å². The maximum Gasteiger partial charge on any atom is 0.323 e. The van der Waals surface area contributed by atoms with Crippen molar-refractivity contribution in [3.05, 3.63) is 77.5 Å². The van der Waals surface area contributed by atoms with Crippen LogP contribution in [0, 0.1) is 0 Å². The number of rotatable bonds is 13. The fourth-order valence-electron chi connectivity index (χ4n) is 3.60. The van der Waals surface area contributed by atoms with Crippen LogP contribution >= 0.6 is 0 Å². The summed E-state index contributed by atoms with van der Waals surface area (Å²) in [6.45, 7) is 5.08. The second kappa shape index (κ2) is 18.6. The van der Waals surface area contributed by atoms with Crippen LogP contribution in [-0.2, 0) is 29.0 Å². The molecule has 0 aromatic heterocycles. The Kier molecular flexibility index (Phi) is 15.7. The van der Waals surface area contributed by atoms with Crippen molar-refractivity contribution in [3.8, 4) is 40.2 Å². The Labute approximate surface area is 275 Å². The van der Waals surface area contributed by atoms with Gasteiger partial charge in [0.1, 0.15) is 11.6 Å². The highest BCUT2D eigenvalue weighted by molar-refractivity contribution is 5.78. The first-order valence-corrected chi connectivity index (χ1v) is 14.1. The van der Waals surface area contributed by atoms with E-state index in [1.54, 1.807) is 20.0 Å². The Hall–Kier alpha value is -5.46. The van der Waals surface area contributed by atoms with E-state index in [0.29, 0.717) is 22.4 Å². The lowest BCUT2D eigenvalue weighted by molar-refractivity contribution is -0.144. The number of aromatic hydroxyl groups is 7. The normalized spacial score (nSPS) is 12.9. The molecular weight excluding hydrogens is 634 g/mol. The number of hydrazine groups is 1. The summed E-state index contributed by atoms with van der Waals surface area (Å²) < 4.78 is 0. The van der Waals surface area contributed by atoms with Gasteiger partial charge in [0, 0.05) is 24.2 Å². The van der Waals surface area contributed by atoms with Gasteiger partial charge in [0.05, 0.1) is 12.6 Å². The van der Waals surface area contributed by atoms with Crippen LogP contribution in [-0.4, -0.2) is 94.3 Å². The van der Waals surface area contributed by atoms with Crippen molar-refractivity contribution in [2.75, 3.05) is 13.7 Å². The number of nitrogens with two attached hydrogens (primary N) is 2. The molecule has 3 aromatic rings. The van der Waals surface area contributed by atoms with E-state index in [-0.39, 0.29) is 49.0 Å². The molecule has 2 unspecified atom stereocenters. The van der Waals surface area contributed by atoms with Crippen LogP contribution in [0.2, 0.25) is 0 Å². The number of phenolic OH excluding ortho intramolecular Hbond substituents is 7. The maximum atomic E-state index is 11.0. The van der Waals surface area contributed by atoms with Gasteiger partial charge in [-0.2, -0.15) is 0 Å². The minimum atomic E-state index is -1.10. The number of phenols is 7. The summed E-state index contributed by atoms with van der Waals surface area (Å²) in [6, 6.07) is 9.48. The first-order valence-electron chi connectivity index (χ1n) is 14.1. The third-order valence-electron chi connectivity index (χ3n) is 6.82. The average Bonchev–Trinajstić information content (AvgIpc) is 3.04. The highest BCUT2D eigenvalue weighted by atomic mass is 16.4. The number of carboxylic acid groups (broad SMARTS) is 2. The molecule has 17 N–H and O–H groups in total. The van der Waals surface area contributed by atoms with Crippen LogP contribution in [0.3, 0.4) is 0 Å². The molecule has 17 heteroatoms. The van der Waals surface area contributed by atoms with Gasteiger partial charge in [0.15, 0.2) is 34.5 Å². The monoisotopic (exact) mass is 677 g/mol. The second-order valence-electron chi connectivity index (χ2n) is 10.6. The van der Waals surface area contributed by atoms with Gasteiger partial charge in [0.2, 0.25) is 5.75 Å². The SMILES string of the molecule is C=C(NNCc1ccc(O)c(O)c1O)C(N)CO.CNC(C)(Cc1ccc(O)c(O)c1)C(=O)O.N[C@H](Cc1ccc(O)c(O)c1)C(=O)O. The molecule has 0 heterocycles. The molecule has 0 aliphatic rings. The zero-order valence-electron chi connectivity index (χ0n) is 26.3. The standard InChI is InChI=1S/C11H17N3O4.C11H15NO4.C9H11NO4/c1-6(8(12)5-15)14-13-4-7-2-3-9(16)11(18)10(7)17;1-11(12-2,10(15)16)6-7-3-4-8(13)9(14)5-7;10-6(9(13)14)3-5-1-2-7(11)8(12)4-5/h2-3,8,13-18H,1,4-5,12H2;3-5,12-14H,6H2,1-2H3,(H,15,16);1-2,4,6,11-12H,3,10H2,(H,13,14)/t;;6-/m..1/s1. The fraction of sp³-hybridized carbons (Fsp3) is 0.290. The molecular formula is C31H43N5O12. The number of hydrogen-bond donors (Lipinski definition) is 15. The fourth-order valence-corrected chi connectivity index (χ4v) is 3.60. The molecule has 3 atom stereocenters. The minimum Gasteiger partial charge on any atom is -0.504 e. The molecule has 0 fully saturated rings. The third-order valence-corrected chi connectivity index (χ3v) is 6.82. The molecule has 48 heavy (non-hydrogen) atoms. The number of benzene rings is 3. The van der Waals surface area contributed by atoms with Crippen LogP contribution in [0.15, 0.2) is 60.8 Å². The molecule has 17 nitrogen and oxygen atoms in total. The van der Waals surface area contributed by atoms with E-state index in [0.717, 1.165) is 0 Å². The van der Waals surface area contributed by atoms with Crippen molar-refractivity contribution in [1.82, 2.24) is 16.2 Å². The maximum absolute atomic E-state index is 11.0. The Balaban J connectivity index is 0.000000363. The van der Waals surface area contributed by atoms with Crippen LogP contribution in [0.1, 0.15) is 23.6 Å².